The van der Waals surface area contributed by atoms with Crippen LogP contribution in [0, 0.1) is 14.4 Å². The molecule has 1 aliphatic heterocycles. The Morgan fingerprint density at radius 3 is 2.00 bits per heavy atom. The van der Waals surface area contributed by atoms with Gasteiger partial charge in [-0.3, -0.25) is 9.59 Å². The SMILES string of the molecule is CCOc1cc(C2C3=C(CC(C)(C)CC3=O)N(Cc3ccccc3)C3=C2C(=O)CC(C)(C)C3)cc(I)c1OCc1ccccc1Cl. The molecule has 0 atom stereocenters. The highest BCUT2D eigenvalue weighted by Crippen LogP contribution is 2.55. The summed E-state index contributed by atoms with van der Waals surface area (Å²) in [5.41, 5.74) is 6.14. The van der Waals surface area contributed by atoms with Crippen molar-refractivity contribution in [1.29, 1.82) is 0 Å². The van der Waals surface area contributed by atoms with Crippen LogP contribution in [0.1, 0.15) is 82.9 Å². The van der Waals surface area contributed by atoms with Gasteiger partial charge in [0.05, 0.1) is 10.2 Å². The molecule has 0 fully saturated rings. The van der Waals surface area contributed by atoms with Crippen molar-refractivity contribution in [2.45, 2.75) is 79.4 Å². The van der Waals surface area contributed by atoms with Crippen LogP contribution < -0.4 is 9.47 Å². The lowest BCUT2D eigenvalue weighted by Gasteiger charge is -2.49. The average molecular weight is 750 g/mol. The standard InChI is InChI=1S/C39H41ClINO4/c1-6-45-33-17-26(16-28(41)37(33)46-23-25-14-10-11-15-27(25)40)34-35-29(18-38(2,3)20-31(35)43)42(22-24-12-8-7-9-13-24)30-19-39(4,5)21-32(44)36(30)34/h7-17,34H,6,18-23H2,1-5H3. The largest absolute Gasteiger partial charge is 0.490 e. The van der Waals surface area contributed by atoms with Gasteiger partial charge >= 0.3 is 0 Å². The molecule has 0 saturated heterocycles. The Hall–Kier alpha value is -3.10. The highest BCUT2D eigenvalue weighted by atomic mass is 127. The van der Waals surface area contributed by atoms with Crippen LogP contribution in [-0.2, 0) is 22.7 Å². The molecule has 0 unspecified atom stereocenters. The molecule has 240 valence electrons. The highest BCUT2D eigenvalue weighted by molar-refractivity contribution is 14.1. The number of ether oxygens (including phenoxy) is 2. The van der Waals surface area contributed by atoms with Gasteiger partial charge in [-0.1, -0.05) is 87.8 Å². The molecule has 0 aromatic heterocycles. The number of halogens is 2. The second-order valence-corrected chi connectivity index (χ2v) is 15.8. The van der Waals surface area contributed by atoms with Gasteiger partial charge in [0.2, 0.25) is 0 Å². The predicted octanol–water partition coefficient (Wildman–Crippen LogP) is 9.81. The second-order valence-electron chi connectivity index (χ2n) is 14.3. The molecule has 0 bridgehead atoms. The molecule has 1 heterocycles. The molecule has 46 heavy (non-hydrogen) atoms. The Morgan fingerprint density at radius 1 is 0.826 bits per heavy atom. The minimum atomic E-state index is -0.463. The van der Waals surface area contributed by atoms with Crippen LogP contribution >= 0.6 is 34.2 Å². The summed E-state index contributed by atoms with van der Waals surface area (Å²) in [6.07, 6.45) is 2.41. The maximum atomic E-state index is 14.3. The first-order chi connectivity index (χ1) is 21.9. The molecular weight excluding hydrogens is 709 g/mol. The zero-order chi connectivity index (χ0) is 32.8. The van der Waals surface area contributed by atoms with Crippen molar-refractivity contribution < 1.29 is 19.1 Å². The zero-order valence-corrected chi connectivity index (χ0v) is 30.1. The summed E-state index contributed by atoms with van der Waals surface area (Å²) < 4.78 is 13.4. The van der Waals surface area contributed by atoms with Gasteiger partial charge in [-0.25, -0.2) is 0 Å². The van der Waals surface area contributed by atoms with Crippen molar-refractivity contribution in [3.8, 4) is 11.5 Å². The van der Waals surface area contributed by atoms with E-state index in [1.165, 1.54) is 0 Å². The number of ketones is 2. The van der Waals surface area contributed by atoms with Gasteiger partial charge in [-0.15, -0.1) is 0 Å². The van der Waals surface area contributed by atoms with E-state index in [4.69, 9.17) is 21.1 Å². The van der Waals surface area contributed by atoms with Crippen molar-refractivity contribution in [2.75, 3.05) is 6.61 Å². The zero-order valence-electron chi connectivity index (χ0n) is 27.2. The third-order valence-electron chi connectivity index (χ3n) is 9.20. The fraction of sp³-hybridized carbons (Fsp3) is 0.385. The van der Waals surface area contributed by atoms with Gasteiger partial charge in [0.25, 0.3) is 0 Å². The third-order valence-corrected chi connectivity index (χ3v) is 10.4. The van der Waals surface area contributed by atoms with Crippen molar-refractivity contribution in [1.82, 2.24) is 4.90 Å². The van der Waals surface area contributed by atoms with E-state index < -0.39 is 5.92 Å². The maximum Gasteiger partial charge on any atom is 0.174 e. The number of nitrogens with zero attached hydrogens (tertiary/aromatic N) is 1. The minimum Gasteiger partial charge on any atom is -0.490 e. The Labute approximate surface area is 291 Å². The van der Waals surface area contributed by atoms with E-state index in [1.54, 1.807) is 0 Å². The van der Waals surface area contributed by atoms with Gasteiger partial charge in [0.15, 0.2) is 23.1 Å². The lowest BCUT2D eigenvalue weighted by atomic mass is 9.63. The van der Waals surface area contributed by atoms with Crippen molar-refractivity contribution >= 4 is 45.8 Å². The smallest absolute Gasteiger partial charge is 0.174 e. The van der Waals surface area contributed by atoms with Gasteiger partial charge < -0.3 is 14.4 Å². The topological polar surface area (TPSA) is 55.8 Å². The number of hydrogen-bond acceptors (Lipinski definition) is 5. The quantitative estimate of drug-likeness (QED) is 0.215. The van der Waals surface area contributed by atoms with E-state index in [9.17, 15) is 9.59 Å². The number of carbonyl (C=O) groups is 2. The van der Waals surface area contributed by atoms with Gasteiger partial charge in [-0.05, 0) is 82.5 Å². The predicted molar refractivity (Wildman–Crippen MR) is 191 cm³/mol. The van der Waals surface area contributed by atoms with Crippen LogP contribution in [0.15, 0.2) is 89.3 Å². The summed E-state index contributed by atoms with van der Waals surface area (Å²) in [5, 5.41) is 0.644. The Bertz CT molecular complexity index is 1700. The van der Waals surface area contributed by atoms with E-state index in [0.717, 1.165) is 55.6 Å². The monoisotopic (exact) mass is 749 g/mol. The molecule has 0 spiro atoms. The molecule has 3 aliphatic rings. The summed E-state index contributed by atoms with van der Waals surface area (Å²) in [7, 11) is 0. The molecule has 0 saturated carbocycles. The summed E-state index contributed by atoms with van der Waals surface area (Å²) >= 11 is 8.71. The van der Waals surface area contributed by atoms with E-state index in [2.05, 4.69) is 73.4 Å². The summed E-state index contributed by atoms with van der Waals surface area (Å²) in [6, 6.07) is 22.0. The third kappa shape index (κ3) is 6.52. The van der Waals surface area contributed by atoms with E-state index in [-0.39, 0.29) is 22.4 Å². The van der Waals surface area contributed by atoms with Gasteiger partial charge in [0.1, 0.15) is 6.61 Å². The number of hydrogen-bond donors (Lipinski definition) is 0. The van der Waals surface area contributed by atoms with E-state index in [0.29, 0.717) is 49.1 Å². The lowest BCUT2D eigenvalue weighted by Crippen LogP contribution is -2.44. The first-order valence-corrected chi connectivity index (χ1v) is 17.5. The Balaban J connectivity index is 1.52. The number of benzene rings is 3. The van der Waals surface area contributed by atoms with Crippen LogP contribution in [0.5, 0.6) is 11.5 Å². The molecule has 3 aromatic carbocycles. The Morgan fingerprint density at radius 2 is 1.41 bits per heavy atom. The summed E-state index contributed by atoms with van der Waals surface area (Å²) in [4.78, 5) is 30.9. The van der Waals surface area contributed by atoms with Crippen LogP contribution in [-0.4, -0.2) is 23.1 Å². The second kappa shape index (κ2) is 12.8. The Kier molecular flexibility index (Phi) is 9.16. The van der Waals surface area contributed by atoms with Crippen molar-refractivity contribution in [2.24, 2.45) is 10.8 Å². The number of rotatable bonds is 8. The maximum absolute atomic E-state index is 14.3. The molecular formula is C39H41ClINO4. The van der Waals surface area contributed by atoms with Crippen LogP contribution in [0.3, 0.4) is 0 Å². The fourth-order valence-corrected chi connectivity index (χ4v) is 8.23. The van der Waals surface area contributed by atoms with Crippen LogP contribution in [0.4, 0.5) is 0 Å². The number of carbonyl (C=O) groups excluding carboxylic acids is 2. The fourth-order valence-electron chi connectivity index (χ4n) is 7.26. The molecule has 2 aliphatic carbocycles. The van der Waals surface area contributed by atoms with Gasteiger partial charge in [-0.2, -0.15) is 0 Å². The van der Waals surface area contributed by atoms with Crippen molar-refractivity contribution in [3.63, 3.8) is 0 Å². The molecule has 5 nitrogen and oxygen atoms in total. The first kappa shape index (κ1) is 32.8. The molecule has 3 aromatic rings. The molecule has 0 amide bonds. The molecule has 7 heteroatoms. The average Bonchev–Trinajstić information content (AvgIpc) is 2.97. The van der Waals surface area contributed by atoms with Gasteiger partial charge in [0, 0.05) is 58.4 Å². The van der Waals surface area contributed by atoms with Crippen LogP contribution in [0.25, 0.3) is 0 Å². The number of Topliss-reactive ketones (excluding diaryl/α,β-unsaturated/α-hetero) is 2. The van der Waals surface area contributed by atoms with E-state index >= 15 is 0 Å². The summed E-state index contributed by atoms with van der Waals surface area (Å²) in [6.45, 7) is 12.0. The highest BCUT2D eigenvalue weighted by Gasteiger charge is 2.49. The number of allylic oxidation sites excluding steroid dienone is 4. The normalized spacial score (nSPS) is 19.2. The first-order valence-electron chi connectivity index (χ1n) is 16.0. The minimum absolute atomic E-state index is 0.116. The summed E-state index contributed by atoms with van der Waals surface area (Å²) in [5.74, 6) is 0.994. The molecule has 0 radical (unpaired) electrons. The lowest BCUT2D eigenvalue weighted by molar-refractivity contribution is -0.119. The van der Waals surface area contributed by atoms with Crippen molar-refractivity contribution in [3.05, 3.63) is 115 Å². The molecule has 6 rings (SSSR count). The van der Waals surface area contributed by atoms with E-state index in [1.807, 2.05) is 55.5 Å². The molecule has 0 N–H and O–H groups in total. The van der Waals surface area contributed by atoms with Crippen LogP contribution in [0.2, 0.25) is 5.02 Å².